The smallest absolute Gasteiger partial charge is 0.494 e. The molecule has 30 heavy (non-hydrogen) atoms. The van der Waals surface area contributed by atoms with Gasteiger partial charge in [0.25, 0.3) is 5.91 Å². The van der Waals surface area contributed by atoms with Crippen molar-refractivity contribution in [2.45, 2.75) is 45.8 Å². The van der Waals surface area contributed by atoms with E-state index in [0.717, 1.165) is 6.07 Å². The number of aromatic nitrogens is 1. The third kappa shape index (κ3) is 4.15. The molecule has 2 heterocycles. The van der Waals surface area contributed by atoms with Crippen molar-refractivity contribution in [2.75, 3.05) is 11.9 Å². The Morgan fingerprint density at radius 2 is 1.93 bits per heavy atom. The fourth-order valence-corrected chi connectivity index (χ4v) is 2.95. The normalized spacial score (nSPS) is 16.8. The number of pyridine rings is 1. The molecule has 1 amide bonds. The Hall–Kier alpha value is -2.96. The van der Waals surface area contributed by atoms with Gasteiger partial charge in [0.15, 0.2) is 0 Å². The maximum absolute atomic E-state index is 15.1. The van der Waals surface area contributed by atoms with Crippen molar-refractivity contribution >= 4 is 24.3 Å². The molecule has 1 N–H and O–H groups in total. The number of hydrogen-bond acceptors (Lipinski definition) is 6. The first-order valence-electron chi connectivity index (χ1n) is 9.57. The monoisotopic (exact) mass is 411 g/mol. The highest BCUT2D eigenvalue weighted by Gasteiger charge is 2.53. The highest BCUT2D eigenvalue weighted by molar-refractivity contribution is 6.63. The van der Waals surface area contributed by atoms with Gasteiger partial charge in [-0.05, 0) is 58.9 Å². The van der Waals surface area contributed by atoms with Gasteiger partial charge in [-0.15, -0.1) is 0 Å². The van der Waals surface area contributed by atoms with E-state index in [4.69, 9.17) is 19.3 Å². The zero-order valence-corrected chi connectivity index (χ0v) is 17.6. The molecule has 1 saturated heterocycles. The predicted molar refractivity (Wildman–Crippen MR) is 110 cm³/mol. The van der Waals surface area contributed by atoms with Crippen LogP contribution < -0.4 is 15.5 Å². The highest BCUT2D eigenvalue weighted by atomic mass is 19.1. The van der Waals surface area contributed by atoms with Crippen molar-refractivity contribution in [1.82, 2.24) is 4.98 Å². The number of amides is 1. The van der Waals surface area contributed by atoms with Gasteiger partial charge in [0.2, 0.25) is 0 Å². The molecule has 0 spiro atoms. The molecule has 156 valence electrons. The van der Waals surface area contributed by atoms with E-state index >= 15 is 4.39 Å². The SMILES string of the molecule is CCOc1cc(C(=O)Nc2cc(C#N)ccn2)cc(F)c1B1OC(C)(C)C(C)(C)O1. The molecule has 1 aliphatic heterocycles. The van der Waals surface area contributed by atoms with Crippen LogP contribution in [-0.4, -0.2) is 35.8 Å². The molecule has 0 bridgehead atoms. The van der Waals surface area contributed by atoms with E-state index in [1.807, 2.05) is 33.8 Å². The van der Waals surface area contributed by atoms with Crippen LogP contribution in [0.3, 0.4) is 0 Å². The predicted octanol–water partition coefficient (Wildman–Crippen LogP) is 3.04. The number of hydrogen-bond donors (Lipinski definition) is 1. The fourth-order valence-electron chi connectivity index (χ4n) is 2.95. The molecule has 9 heteroatoms. The first-order valence-corrected chi connectivity index (χ1v) is 9.57. The van der Waals surface area contributed by atoms with E-state index in [0.29, 0.717) is 5.56 Å². The summed E-state index contributed by atoms with van der Waals surface area (Å²) in [5.41, 5.74) is -0.808. The van der Waals surface area contributed by atoms with Crippen LogP contribution in [-0.2, 0) is 9.31 Å². The summed E-state index contributed by atoms with van der Waals surface area (Å²) in [5, 5.41) is 11.5. The minimum atomic E-state index is -0.970. The highest BCUT2D eigenvalue weighted by Crippen LogP contribution is 2.37. The lowest BCUT2D eigenvalue weighted by molar-refractivity contribution is 0.00578. The minimum absolute atomic E-state index is 0.0420. The lowest BCUT2D eigenvalue weighted by Gasteiger charge is -2.32. The summed E-state index contributed by atoms with van der Waals surface area (Å²) in [6.45, 7) is 9.51. The summed E-state index contributed by atoms with van der Waals surface area (Å²) in [4.78, 5) is 16.6. The standard InChI is InChI=1S/C21H23BFN3O4/c1-6-28-16-11-14(19(27)26-17-9-13(12-24)7-8-25-17)10-15(23)18(16)22-29-20(2,3)21(4,5)30-22/h7-11H,6H2,1-5H3,(H,25,26,27). The first kappa shape index (κ1) is 21.7. The molecule has 7 nitrogen and oxygen atoms in total. The van der Waals surface area contributed by atoms with Crippen molar-refractivity contribution in [2.24, 2.45) is 0 Å². The number of nitriles is 1. The minimum Gasteiger partial charge on any atom is -0.494 e. The molecule has 0 radical (unpaired) electrons. The van der Waals surface area contributed by atoms with E-state index in [1.54, 1.807) is 6.92 Å². The molecule has 0 unspecified atom stereocenters. The number of nitrogens with one attached hydrogen (secondary N) is 1. The van der Waals surface area contributed by atoms with Crippen LogP contribution in [0.4, 0.5) is 10.2 Å². The van der Waals surface area contributed by atoms with Gasteiger partial charge in [-0.3, -0.25) is 4.79 Å². The molecule has 0 aliphatic carbocycles. The van der Waals surface area contributed by atoms with E-state index in [2.05, 4.69) is 10.3 Å². The van der Waals surface area contributed by atoms with Gasteiger partial charge in [0, 0.05) is 11.8 Å². The van der Waals surface area contributed by atoms with E-state index < -0.39 is 30.0 Å². The van der Waals surface area contributed by atoms with Crippen LogP contribution in [0.25, 0.3) is 0 Å². The van der Waals surface area contributed by atoms with Crippen LogP contribution in [0.2, 0.25) is 0 Å². The fraction of sp³-hybridized carbons (Fsp3) is 0.381. The molecule has 1 aromatic heterocycles. The molecule has 0 saturated carbocycles. The van der Waals surface area contributed by atoms with E-state index in [-0.39, 0.29) is 29.2 Å². The van der Waals surface area contributed by atoms with Gasteiger partial charge in [-0.2, -0.15) is 5.26 Å². The Bertz CT molecular complexity index is 1000. The Labute approximate surface area is 175 Å². The second-order valence-electron chi connectivity index (χ2n) is 7.89. The Balaban J connectivity index is 1.93. The van der Waals surface area contributed by atoms with E-state index in [1.165, 1.54) is 24.4 Å². The van der Waals surface area contributed by atoms with Gasteiger partial charge in [-0.25, -0.2) is 9.37 Å². The number of carbonyl (C=O) groups excluding carboxylic acids is 1. The number of rotatable bonds is 5. The summed E-state index contributed by atoms with van der Waals surface area (Å²) in [5.74, 6) is -0.909. The first-order chi connectivity index (χ1) is 14.1. The van der Waals surface area contributed by atoms with Crippen LogP contribution >= 0.6 is 0 Å². The van der Waals surface area contributed by atoms with Crippen molar-refractivity contribution in [3.8, 4) is 11.8 Å². The molecule has 1 fully saturated rings. The lowest BCUT2D eigenvalue weighted by Crippen LogP contribution is -2.41. The average molecular weight is 411 g/mol. The average Bonchev–Trinajstić information content (AvgIpc) is 2.88. The topological polar surface area (TPSA) is 93.5 Å². The van der Waals surface area contributed by atoms with Crippen molar-refractivity contribution in [3.63, 3.8) is 0 Å². The van der Waals surface area contributed by atoms with Gasteiger partial charge in [-0.1, -0.05) is 0 Å². The molecular weight excluding hydrogens is 388 g/mol. The Kier molecular flexibility index (Phi) is 5.84. The number of halogens is 1. The molecule has 0 atom stereocenters. The zero-order valence-electron chi connectivity index (χ0n) is 17.6. The lowest BCUT2D eigenvalue weighted by atomic mass is 9.77. The number of ether oxygens (including phenoxy) is 1. The van der Waals surface area contributed by atoms with Gasteiger partial charge >= 0.3 is 7.12 Å². The van der Waals surface area contributed by atoms with Crippen LogP contribution in [0.5, 0.6) is 5.75 Å². The number of anilines is 1. The largest absolute Gasteiger partial charge is 0.501 e. The van der Waals surface area contributed by atoms with Crippen LogP contribution in [0.1, 0.15) is 50.5 Å². The van der Waals surface area contributed by atoms with Crippen molar-refractivity contribution in [1.29, 1.82) is 5.26 Å². The molecule has 1 aromatic carbocycles. The van der Waals surface area contributed by atoms with Gasteiger partial charge in [0.05, 0.1) is 34.9 Å². The molecule has 2 aromatic rings. The summed E-state index contributed by atoms with van der Waals surface area (Å²) in [7, 11) is -0.970. The maximum atomic E-state index is 15.1. The third-order valence-electron chi connectivity index (χ3n) is 5.27. The van der Waals surface area contributed by atoms with Crippen LogP contribution in [0, 0.1) is 17.1 Å². The van der Waals surface area contributed by atoms with Crippen molar-refractivity contribution < 1.29 is 23.2 Å². The number of carbonyl (C=O) groups is 1. The maximum Gasteiger partial charge on any atom is 0.501 e. The number of nitrogens with zero attached hydrogens (tertiary/aromatic N) is 2. The van der Waals surface area contributed by atoms with Crippen molar-refractivity contribution in [3.05, 3.63) is 47.4 Å². The van der Waals surface area contributed by atoms with Crippen LogP contribution in [0.15, 0.2) is 30.5 Å². The Morgan fingerprint density at radius 3 is 2.53 bits per heavy atom. The second kappa shape index (κ2) is 8.05. The van der Waals surface area contributed by atoms with Gasteiger partial charge in [0.1, 0.15) is 17.4 Å². The van der Waals surface area contributed by atoms with Gasteiger partial charge < -0.3 is 19.4 Å². The second-order valence-corrected chi connectivity index (χ2v) is 7.89. The summed E-state index contributed by atoms with van der Waals surface area (Å²) in [6.07, 6.45) is 1.40. The third-order valence-corrected chi connectivity index (χ3v) is 5.27. The molecule has 3 rings (SSSR count). The molecular formula is C21H23BFN3O4. The quantitative estimate of drug-likeness (QED) is 0.761. The molecule has 1 aliphatic rings. The van der Waals surface area contributed by atoms with E-state index in [9.17, 15) is 4.79 Å². The Morgan fingerprint density at radius 1 is 1.27 bits per heavy atom. The number of benzene rings is 1. The summed E-state index contributed by atoms with van der Waals surface area (Å²) in [6, 6.07) is 7.46. The summed E-state index contributed by atoms with van der Waals surface area (Å²) < 4.78 is 32.6. The zero-order chi connectivity index (χ0) is 22.1. The summed E-state index contributed by atoms with van der Waals surface area (Å²) >= 11 is 0.